The Balaban J connectivity index is 2.26. The van der Waals surface area contributed by atoms with Crippen LogP contribution in [0.2, 0.25) is 0 Å². The highest BCUT2D eigenvalue weighted by Gasteiger charge is 2.42. The third-order valence-corrected chi connectivity index (χ3v) is 3.22. The fraction of sp³-hybridized carbons (Fsp3) is 0.417. The van der Waals surface area contributed by atoms with Gasteiger partial charge in [0.1, 0.15) is 18.3 Å². The molecule has 0 spiro atoms. The zero-order valence-electron chi connectivity index (χ0n) is 11.1. The molecule has 22 heavy (non-hydrogen) atoms. The van der Waals surface area contributed by atoms with E-state index in [1.165, 1.54) is 0 Å². The maximum absolute atomic E-state index is 10.9. The first kappa shape index (κ1) is 16.1. The molecule has 120 valence electrons. The second kappa shape index (κ2) is 6.23. The summed E-state index contributed by atoms with van der Waals surface area (Å²) in [6.07, 6.45) is -4.93. The van der Waals surface area contributed by atoms with Crippen LogP contribution in [0.3, 0.4) is 0 Å². The minimum atomic E-state index is -1.60. The first-order valence-corrected chi connectivity index (χ1v) is 6.23. The van der Waals surface area contributed by atoms with Crippen LogP contribution in [0.5, 0.6) is 0 Å². The van der Waals surface area contributed by atoms with E-state index in [1.54, 1.807) is 0 Å². The monoisotopic (exact) mass is 313 g/mol. The predicted octanol–water partition coefficient (Wildman–Crippen LogP) is -2.19. The quantitative estimate of drug-likeness (QED) is 0.349. The Kier molecular flexibility index (Phi) is 4.56. The molecule has 0 unspecified atom stereocenters. The lowest BCUT2D eigenvalue weighted by atomic mass is 10.1. The van der Waals surface area contributed by atoms with Crippen LogP contribution in [0.25, 0.3) is 0 Å². The molecule has 1 aromatic carbocycles. The molecule has 1 saturated heterocycles. The van der Waals surface area contributed by atoms with Crippen molar-refractivity contribution in [3.05, 3.63) is 33.9 Å². The van der Waals surface area contributed by atoms with Crippen molar-refractivity contribution in [3.63, 3.8) is 0 Å². The molecule has 2 rings (SSSR count). The van der Waals surface area contributed by atoms with E-state index < -0.39 is 53.3 Å². The molecule has 0 aromatic heterocycles. The number of hydrogen-bond donors (Lipinski definition) is 4. The lowest BCUT2D eigenvalue weighted by Crippen LogP contribution is -2.36. The third-order valence-electron chi connectivity index (χ3n) is 3.22. The Bertz CT molecular complexity index is 560. The summed E-state index contributed by atoms with van der Waals surface area (Å²) in [4.78, 5) is 20.9. The fourth-order valence-corrected chi connectivity index (χ4v) is 2.10. The van der Waals surface area contributed by atoms with Crippen LogP contribution in [0.1, 0.15) is 10.4 Å². The van der Waals surface area contributed by atoms with Crippen LogP contribution in [0.15, 0.2) is 18.2 Å². The predicted molar refractivity (Wildman–Crippen MR) is 68.8 cm³/mol. The van der Waals surface area contributed by atoms with Crippen molar-refractivity contribution in [1.29, 1.82) is 0 Å². The van der Waals surface area contributed by atoms with E-state index in [2.05, 4.69) is 5.32 Å². The van der Waals surface area contributed by atoms with Crippen molar-refractivity contribution < 1.29 is 34.9 Å². The summed E-state index contributed by atoms with van der Waals surface area (Å²) in [7, 11) is 0. The second-order valence-electron chi connectivity index (χ2n) is 4.72. The Morgan fingerprint density at radius 1 is 1.32 bits per heavy atom. The van der Waals surface area contributed by atoms with Gasteiger partial charge in [-0.2, -0.15) is 0 Å². The summed E-state index contributed by atoms with van der Waals surface area (Å²) in [6.45, 7) is -0.532. The molecule has 0 amide bonds. The fourth-order valence-electron chi connectivity index (χ4n) is 2.10. The van der Waals surface area contributed by atoms with E-state index in [4.69, 9.17) is 9.84 Å². The number of carboxylic acids is 1. The van der Waals surface area contributed by atoms with Crippen LogP contribution >= 0.6 is 0 Å². The number of carbonyl (C=O) groups excluding carboxylic acids is 1. The Hall–Kier alpha value is -2.27. The van der Waals surface area contributed by atoms with Crippen molar-refractivity contribution >= 4 is 17.3 Å². The summed E-state index contributed by atoms with van der Waals surface area (Å²) >= 11 is 0. The summed E-state index contributed by atoms with van der Waals surface area (Å²) in [5, 5.41) is 52.5. The molecule has 4 atom stereocenters. The first-order chi connectivity index (χ1) is 10.3. The molecule has 1 heterocycles. The normalized spacial score (nSPS) is 27.6. The largest absolute Gasteiger partial charge is 0.545 e. The molecular formula is C12H13N2O8-. The number of benzene rings is 1. The summed E-state index contributed by atoms with van der Waals surface area (Å²) in [6, 6.07) is 2.94. The average molecular weight is 313 g/mol. The van der Waals surface area contributed by atoms with Gasteiger partial charge in [-0.05, 0) is 6.07 Å². The number of aliphatic hydroxyl groups excluding tert-OH is 3. The topological polar surface area (TPSA) is 165 Å². The lowest BCUT2D eigenvalue weighted by Gasteiger charge is -2.18. The molecule has 1 aromatic rings. The van der Waals surface area contributed by atoms with Crippen LogP contribution in [0.4, 0.5) is 11.4 Å². The molecule has 10 heteroatoms. The standard InChI is InChI=1S/C12H14N2O8/c15-4-8-9(16)10(17)11(22-8)13-6-1-5(12(18)19)2-7(3-6)14(20)21/h1-3,8-11,13,15-17H,4H2,(H,18,19)/p-1/t8-,9+,10-,11+/m0/s1. The zero-order valence-corrected chi connectivity index (χ0v) is 11.1. The number of rotatable bonds is 5. The van der Waals surface area contributed by atoms with E-state index in [-0.39, 0.29) is 5.69 Å². The number of hydrogen-bond acceptors (Lipinski definition) is 9. The van der Waals surface area contributed by atoms with Crippen LogP contribution in [-0.2, 0) is 4.74 Å². The highest BCUT2D eigenvalue weighted by Crippen LogP contribution is 2.26. The number of aromatic carboxylic acids is 1. The summed E-state index contributed by atoms with van der Waals surface area (Å²) < 4.78 is 5.15. The average Bonchev–Trinajstić information content (AvgIpc) is 2.74. The number of aliphatic hydroxyl groups is 3. The second-order valence-corrected chi connectivity index (χ2v) is 4.72. The van der Waals surface area contributed by atoms with Gasteiger partial charge < -0.3 is 35.3 Å². The van der Waals surface area contributed by atoms with Gasteiger partial charge in [0.2, 0.25) is 0 Å². The van der Waals surface area contributed by atoms with Gasteiger partial charge in [-0.3, -0.25) is 10.1 Å². The maximum Gasteiger partial charge on any atom is 0.272 e. The molecular weight excluding hydrogens is 300 g/mol. The van der Waals surface area contributed by atoms with Gasteiger partial charge in [0, 0.05) is 23.4 Å². The third kappa shape index (κ3) is 3.14. The van der Waals surface area contributed by atoms with Gasteiger partial charge >= 0.3 is 0 Å². The Labute approximate surface area is 123 Å². The van der Waals surface area contributed by atoms with E-state index in [0.29, 0.717) is 0 Å². The minimum absolute atomic E-state index is 0.0109. The van der Waals surface area contributed by atoms with Crippen LogP contribution in [-0.4, -0.2) is 57.4 Å². The molecule has 1 aliphatic rings. The summed E-state index contributed by atoms with van der Waals surface area (Å²) in [5.41, 5.74) is -0.928. The van der Waals surface area contributed by atoms with Crippen LogP contribution < -0.4 is 10.4 Å². The van der Waals surface area contributed by atoms with Crippen molar-refractivity contribution in [2.45, 2.75) is 24.5 Å². The van der Waals surface area contributed by atoms with Gasteiger partial charge in [0.25, 0.3) is 5.69 Å². The number of non-ortho nitro benzene ring substituents is 1. The van der Waals surface area contributed by atoms with Gasteiger partial charge in [0.15, 0.2) is 6.23 Å². The van der Waals surface area contributed by atoms with Gasteiger partial charge in [0.05, 0.1) is 17.5 Å². The van der Waals surface area contributed by atoms with E-state index in [1.807, 2.05) is 0 Å². The molecule has 4 N–H and O–H groups in total. The number of anilines is 1. The molecule has 0 bridgehead atoms. The maximum atomic E-state index is 10.9. The Morgan fingerprint density at radius 2 is 2.00 bits per heavy atom. The molecule has 0 saturated carbocycles. The number of nitrogens with zero attached hydrogens (tertiary/aromatic N) is 1. The van der Waals surface area contributed by atoms with Crippen molar-refractivity contribution in [2.24, 2.45) is 0 Å². The summed E-state index contributed by atoms with van der Waals surface area (Å²) in [5.74, 6) is -1.60. The lowest BCUT2D eigenvalue weighted by molar-refractivity contribution is -0.384. The van der Waals surface area contributed by atoms with E-state index in [0.717, 1.165) is 18.2 Å². The Morgan fingerprint density at radius 3 is 2.50 bits per heavy atom. The van der Waals surface area contributed by atoms with Crippen molar-refractivity contribution in [3.8, 4) is 0 Å². The molecule has 0 aliphatic carbocycles. The highest BCUT2D eigenvalue weighted by molar-refractivity contribution is 5.88. The smallest absolute Gasteiger partial charge is 0.272 e. The number of carboxylic acid groups (broad SMARTS) is 1. The zero-order chi connectivity index (χ0) is 16.4. The first-order valence-electron chi connectivity index (χ1n) is 6.23. The van der Waals surface area contributed by atoms with Gasteiger partial charge in [-0.1, -0.05) is 0 Å². The number of ether oxygens (including phenoxy) is 1. The number of carbonyl (C=O) groups is 1. The molecule has 1 fully saturated rings. The SMILES string of the molecule is O=C([O-])c1cc(N[C@@H]2O[C@@H](CO)[C@@H](O)[C@@H]2O)cc([N+](=O)[O-])c1. The molecule has 1 aliphatic heterocycles. The van der Waals surface area contributed by atoms with Gasteiger partial charge in [-0.15, -0.1) is 0 Å². The van der Waals surface area contributed by atoms with Crippen LogP contribution in [0, 0.1) is 10.1 Å². The van der Waals surface area contributed by atoms with Crippen molar-refractivity contribution in [1.82, 2.24) is 0 Å². The van der Waals surface area contributed by atoms with Crippen molar-refractivity contribution in [2.75, 3.05) is 11.9 Å². The molecule has 0 radical (unpaired) electrons. The van der Waals surface area contributed by atoms with E-state index in [9.17, 15) is 30.2 Å². The number of nitro benzene ring substituents is 1. The number of nitro groups is 1. The highest BCUT2D eigenvalue weighted by atomic mass is 16.6. The van der Waals surface area contributed by atoms with Gasteiger partial charge in [-0.25, -0.2) is 0 Å². The van der Waals surface area contributed by atoms with E-state index >= 15 is 0 Å². The molecule has 10 nitrogen and oxygen atoms in total. The minimum Gasteiger partial charge on any atom is -0.545 e. The number of nitrogens with one attached hydrogen (secondary N) is 1.